The van der Waals surface area contributed by atoms with E-state index < -0.39 is 17.5 Å². The normalized spacial score (nSPS) is 12.2. The number of anilines is 2. The number of nitrogens with zero attached hydrogens (tertiary/aromatic N) is 2. The van der Waals surface area contributed by atoms with Gasteiger partial charge >= 0.3 is 6.03 Å². The van der Waals surface area contributed by atoms with Crippen LogP contribution < -0.4 is 22.1 Å². The molecule has 7 N–H and O–H groups in total. The highest BCUT2D eigenvalue weighted by atomic mass is 16.3. The minimum Gasteiger partial charge on any atom is -0.397 e. The summed E-state index contributed by atoms with van der Waals surface area (Å²) in [5.74, 6) is -0.458. The van der Waals surface area contributed by atoms with Gasteiger partial charge < -0.3 is 27.2 Å². The van der Waals surface area contributed by atoms with Crippen molar-refractivity contribution in [1.82, 2.24) is 10.3 Å². The van der Waals surface area contributed by atoms with Gasteiger partial charge in [-0.05, 0) is 42.7 Å². The number of primary amides is 1. The molecule has 0 aliphatic carbocycles. The van der Waals surface area contributed by atoms with Crippen LogP contribution in [0.25, 0.3) is 0 Å². The molecular formula is C24H24N6O3. The van der Waals surface area contributed by atoms with E-state index in [4.69, 9.17) is 11.5 Å². The number of amides is 3. The van der Waals surface area contributed by atoms with Crippen LogP contribution >= 0.6 is 0 Å². The van der Waals surface area contributed by atoms with Crippen molar-refractivity contribution < 1.29 is 14.7 Å². The Hall–Kier alpha value is -4.42. The monoisotopic (exact) mass is 444 g/mol. The SMILES string of the molecule is N#Cc1ccccc1C(CCCO)(NC(N)=O)c1ccc(C(=O)Nc2ccccc2N)nc1. The Labute approximate surface area is 191 Å². The highest BCUT2D eigenvalue weighted by Gasteiger charge is 2.37. The average Bonchev–Trinajstić information content (AvgIpc) is 2.83. The van der Waals surface area contributed by atoms with E-state index in [1.807, 2.05) is 0 Å². The minimum absolute atomic E-state index is 0.130. The molecule has 3 amide bonds. The number of carbonyl (C=O) groups is 2. The first-order valence-electron chi connectivity index (χ1n) is 10.2. The van der Waals surface area contributed by atoms with Crippen molar-refractivity contribution in [2.75, 3.05) is 17.7 Å². The molecule has 33 heavy (non-hydrogen) atoms. The van der Waals surface area contributed by atoms with Gasteiger partial charge in [-0.3, -0.25) is 9.78 Å². The predicted molar refractivity (Wildman–Crippen MR) is 124 cm³/mol. The molecule has 0 saturated carbocycles. The highest BCUT2D eigenvalue weighted by molar-refractivity contribution is 6.04. The number of benzene rings is 2. The Morgan fingerprint density at radius 1 is 1.09 bits per heavy atom. The third-order valence-corrected chi connectivity index (χ3v) is 5.25. The molecule has 9 nitrogen and oxygen atoms in total. The number of hydrogen-bond donors (Lipinski definition) is 5. The van der Waals surface area contributed by atoms with Crippen LogP contribution in [0, 0.1) is 11.3 Å². The van der Waals surface area contributed by atoms with Gasteiger partial charge in [0.2, 0.25) is 0 Å². The van der Waals surface area contributed by atoms with Gasteiger partial charge in [-0.15, -0.1) is 0 Å². The summed E-state index contributed by atoms with van der Waals surface area (Å²) in [6.07, 6.45) is 2.01. The summed E-state index contributed by atoms with van der Waals surface area (Å²) in [5.41, 5.74) is 12.5. The molecule has 0 fully saturated rings. The molecule has 3 aromatic rings. The fourth-order valence-electron chi connectivity index (χ4n) is 3.72. The molecule has 1 unspecified atom stereocenters. The standard InChI is InChI=1S/C24H24N6O3/c25-14-16-6-1-2-7-18(16)24(12-5-13-31,30-23(27)33)17-10-11-21(28-15-17)22(32)29-20-9-4-3-8-19(20)26/h1-4,6-11,15,31H,5,12-13,26H2,(H,29,32)(H3,27,30,33). The van der Waals surface area contributed by atoms with Gasteiger partial charge in [0, 0.05) is 18.4 Å². The molecule has 1 atom stereocenters. The van der Waals surface area contributed by atoms with Gasteiger partial charge in [-0.2, -0.15) is 5.26 Å². The molecule has 168 valence electrons. The van der Waals surface area contributed by atoms with Crippen molar-refractivity contribution in [1.29, 1.82) is 5.26 Å². The first-order valence-corrected chi connectivity index (χ1v) is 10.2. The average molecular weight is 444 g/mol. The van der Waals surface area contributed by atoms with Crippen LogP contribution in [0.3, 0.4) is 0 Å². The van der Waals surface area contributed by atoms with E-state index in [1.165, 1.54) is 12.3 Å². The van der Waals surface area contributed by atoms with Crippen LogP contribution in [0.1, 0.15) is 40.0 Å². The number of pyridine rings is 1. The van der Waals surface area contributed by atoms with Crippen LogP contribution in [0.2, 0.25) is 0 Å². The summed E-state index contributed by atoms with van der Waals surface area (Å²) in [4.78, 5) is 28.9. The summed E-state index contributed by atoms with van der Waals surface area (Å²) in [7, 11) is 0. The number of rotatable bonds is 8. The number of urea groups is 1. The molecule has 0 radical (unpaired) electrons. The number of aliphatic hydroxyl groups excluding tert-OH is 1. The van der Waals surface area contributed by atoms with Crippen LogP contribution in [-0.4, -0.2) is 28.6 Å². The molecule has 0 spiro atoms. The maximum absolute atomic E-state index is 12.7. The van der Waals surface area contributed by atoms with Gasteiger partial charge in [0.05, 0.1) is 28.5 Å². The third-order valence-electron chi connectivity index (χ3n) is 5.25. The Morgan fingerprint density at radius 2 is 1.82 bits per heavy atom. The number of nitrogens with one attached hydrogen (secondary N) is 2. The van der Waals surface area contributed by atoms with E-state index in [0.717, 1.165) is 0 Å². The van der Waals surface area contributed by atoms with E-state index in [0.29, 0.717) is 34.5 Å². The Morgan fingerprint density at radius 3 is 2.45 bits per heavy atom. The predicted octanol–water partition coefficient (Wildman–Crippen LogP) is 2.47. The van der Waals surface area contributed by atoms with Gasteiger partial charge in [0.15, 0.2) is 0 Å². The maximum atomic E-state index is 12.7. The number of para-hydroxylation sites is 2. The largest absolute Gasteiger partial charge is 0.397 e. The van der Waals surface area contributed by atoms with Crippen LogP contribution in [0.4, 0.5) is 16.2 Å². The quantitative estimate of drug-likeness (QED) is 0.335. The molecule has 1 aromatic heterocycles. The van der Waals surface area contributed by atoms with E-state index in [9.17, 15) is 20.0 Å². The number of aromatic nitrogens is 1. The van der Waals surface area contributed by atoms with E-state index >= 15 is 0 Å². The fourth-order valence-corrected chi connectivity index (χ4v) is 3.72. The molecule has 2 aromatic carbocycles. The number of hydrogen-bond acceptors (Lipinski definition) is 6. The van der Waals surface area contributed by atoms with Crippen LogP contribution in [0.5, 0.6) is 0 Å². The number of carbonyl (C=O) groups excluding carboxylic acids is 2. The summed E-state index contributed by atoms with van der Waals surface area (Å²) >= 11 is 0. The van der Waals surface area contributed by atoms with Crippen LogP contribution in [0.15, 0.2) is 66.9 Å². The van der Waals surface area contributed by atoms with E-state index in [-0.39, 0.29) is 18.7 Å². The summed E-state index contributed by atoms with van der Waals surface area (Å²) in [6, 6.07) is 18.1. The lowest BCUT2D eigenvalue weighted by atomic mass is 9.77. The maximum Gasteiger partial charge on any atom is 0.313 e. The van der Waals surface area contributed by atoms with Crippen molar-refractivity contribution in [3.8, 4) is 6.07 Å². The Kier molecular flexibility index (Phi) is 7.23. The number of nitrogens with two attached hydrogens (primary N) is 2. The fraction of sp³-hybridized carbons (Fsp3) is 0.167. The molecule has 0 saturated heterocycles. The first kappa shape index (κ1) is 23.2. The Balaban J connectivity index is 2.03. The van der Waals surface area contributed by atoms with Crippen molar-refractivity contribution >= 4 is 23.3 Å². The second kappa shape index (κ2) is 10.3. The van der Waals surface area contributed by atoms with E-state index in [1.54, 1.807) is 54.6 Å². The zero-order valence-electron chi connectivity index (χ0n) is 17.8. The second-order valence-corrected chi connectivity index (χ2v) is 7.35. The lowest BCUT2D eigenvalue weighted by Crippen LogP contribution is -2.49. The Bertz CT molecular complexity index is 1190. The van der Waals surface area contributed by atoms with Gasteiger partial charge in [-0.1, -0.05) is 36.4 Å². The van der Waals surface area contributed by atoms with E-state index in [2.05, 4.69) is 21.7 Å². The lowest BCUT2D eigenvalue weighted by molar-refractivity contribution is 0.102. The van der Waals surface area contributed by atoms with Crippen molar-refractivity contribution in [3.63, 3.8) is 0 Å². The summed E-state index contributed by atoms with van der Waals surface area (Å²) in [5, 5.41) is 24.6. The number of aliphatic hydroxyl groups is 1. The molecule has 0 aliphatic rings. The lowest BCUT2D eigenvalue weighted by Gasteiger charge is -2.36. The summed E-state index contributed by atoms with van der Waals surface area (Å²) in [6.45, 7) is -0.136. The van der Waals surface area contributed by atoms with Crippen molar-refractivity contribution in [2.24, 2.45) is 5.73 Å². The summed E-state index contributed by atoms with van der Waals surface area (Å²) < 4.78 is 0. The first-order chi connectivity index (χ1) is 15.9. The molecule has 0 bridgehead atoms. The molecule has 0 aliphatic heterocycles. The van der Waals surface area contributed by atoms with Crippen LogP contribution in [-0.2, 0) is 5.54 Å². The smallest absolute Gasteiger partial charge is 0.313 e. The van der Waals surface area contributed by atoms with Crippen molar-refractivity contribution in [2.45, 2.75) is 18.4 Å². The highest BCUT2D eigenvalue weighted by Crippen LogP contribution is 2.36. The zero-order chi connectivity index (χ0) is 23.8. The topological polar surface area (TPSA) is 167 Å². The molecule has 3 rings (SSSR count). The van der Waals surface area contributed by atoms with Gasteiger partial charge in [0.25, 0.3) is 5.91 Å². The minimum atomic E-state index is -1.23. The van der Waals surface area contributed by atoms with Gasteiger partial charge in [0.1, 0.15) is 5.69 Å². The number of nitrogen functional groups attached to an aromatic ring is 1. The second-order valence-electron chi connectivity index (χ2n) is 7.35. The molecule has 1 heterocycles. The molecule has 9 heteroatoms. The van der Waals surface area contributed by atoms with Gasteiger partial charge in [-0.25, -0.2) is 4.79 Å². The van der Waals surface area contributed by atoms with Crippen molar-refractivity contribution in [3.05, 3.63) is 89.2 Å². The molecular weight excluding hydrogens is 420 g/mol. The zero-order valence-corrected chi connectivity index (χ0v) is 17.8. The number of nitriles is 1. The third kappa shape index (κ3) is 5.08.